The van der Waals surface area contributed by atoms with E-state index in [4.69, 9.17) is 0 Å². The van der Waals surface area contributed by atoms with Crippen molar-refractivity contribution >= 4 is 5.97 Å². The topological polar surface area (TPSA) is 65.0 Å². The Morgan fingerprint density at radius 2 is 1.80 bits per heavy atom. The van der Waals surface area contributed by atoms with E-state index in [9.17, 15) is 4.79 Å². The largest absolute Gasteiger partial charge is 0.463 e. The maximum absolute atomic E-state index is 11.2. The molecule has 0 unspecified atom stereocenters. The highest BCUT2D eigenvalue weighted by Crippen LogP contribution is 2.07. The maximum atomic E-state index is 11.2. The summed E-state index contributed by atoms with van der Waals surface area (Å²) in [6.45, 7) is 0. The fourth-order valence-electron chi connectivity index (χ4n) is 1.88. The van der Waals surface area contributed by atoms with Gasteiger partial charge in [0.1, 0.15) is 0 Å². The van der Waals surface area contributed by atoms with E-state index < -0.39 is 5.97 Å². The number of carbonyl (C=O) groups excluding carboxylic acids is 1. The van der Waals surface area contributed by atoms with E-state index in [1.807, 2.05) is 12.3 Å². The number of nitrogens with zero attached hydrogens (tertiary/aromatic N) is 3. The van der Waals surface area contributed by atoms with E-state index in [2.05, 4.69) is 25.8 Å². The van der Waals surface area contributed by atoms with Gasteiger partial charge in [0.15, 0.2) is 0 Å². The number of rotatable bonds is 6. The first kappa shape index (κ1) is 14.1. The highest BCUT2D eigenvalue weighted by molar-refractivity contribution is 5.84. The van der Waals surface area contributed by atoms with Crippen LogP contribution in [0.1, 0.15) is 34.6 Å². The number of ether oxygens (including phenoxy) is 1. The van der Waals surface area contributed by atoms with Crippen LogP contribution in [0.5, 0.6) is 0 Å². The standard InChI is InChI=1S/C15H17N3O2/c1-20-15(19)14-17-10-13(11-18-14)6-3-2-5-12-7-4-8-16-9-12/h4,7-11H,2-3,5-6H2,1H3. The molecule has 0 aromatic carbocycles. The van der Waals surface area contributed by atoms with E-state index in [-0.39, 0.29) is 5.82 Å². The monoisotopic (exact) mass is 271 g/mol. The molecule has 0 bridgehead atoms. The summed E-state index contributed by atoms with van der Waals surface area (Å²) in [5.74, 6) is -0.403. The highest BCUT2D eigenvalue weighted by Gasteiger charge is 2.07. The van der Waals surface area contributed by atoms with Crippen molar-refractivity contribution in [1.82, 2.24) is 15.0 Å². The number of hydrogen-bond donors (Lipinski definition) is 0. The molecule has 0 amide bonds. The van der Waals surface area contributed by atoms with Gasteiger partial charge in [-0.25, -0.2) is 14.8 Å². The molecule has 0 saturated heterocycles. The Hall–Kier alpha value is -2.30. The molecule has 5 nitrogen and oxygen atoms in total. The summed E-state index contributed by atoms with van der Waals surface area (Å²) in [7, 11) is 1.32. The lowest BCUT2D eigenvalue weighted by Gasteiger charge is -2.02. The zero-order valence-corrected chi connectivity index (χ0v) is 11.5. The van der Waals surface area contributed by atoms with Crippen LogP contribution in [0.2, 0.25) is 0 Å². The SMILES string of the molecule is COC(=O)c1ncc(CCCCc2cccnc2)cn1. The highest BCUT2D eigenvalue weighted by atomic mass is 16.5. The van der Waals surface area contributed by atoms with E-state index in [1.165, 1.54) is 12.7 Å². The summed E-state index contributed by atoms with van der Waals surface area (Å²) in [5.41, 5.74) is 2.29. The second-order valence-corrected chi connectivity index (χ2v) is 4.47. The van der Waals surface area contributed by atoms with Crippen LogP contribution in [0.4, 0.5) is 0 Å². The van der Waals surface area contributed by atoms with Crippen LogP contribution in [-0.2, 0) is 17.6 Å². The van der Waals surface area contributed by atoms with E-state index in [0.717, 1.165) is 31.2 Å². The second-order valence-electron chi connectivity index (χ2n) is 4.47. The minimum Gasteiger partial charge on any atom is -0.463 e. The molecule has 0 radical (unpaired) electrons. The third kappa shape index (κ3) is 4.12. The summed E-state index contributed by atoms with van der Waals surface area (Å²) in [5, 5.41) is 0. The maximum Gasteiger partial charge on any atom is 0.376 e. The van der Waals surface area contributed by atoms with Crippen LogP contribution in [0, 0.1) is 0 Å². The lowest BCUT2D eigenvalue weighted by atomic mass is 10.1. The third-order valence-corrected chi connectivity index (χ3v) is 2.98. The Balaban J connectivity index is 1.75. The molecule has 0 aliphatic carbocycles. The molecule has 2 aromatic heterocycles. The molecule has 2 aromatic rings. The number of pyridine rings is 1. The number of aryl methyl sites for hydroxylation is 2. The van der Waals surface area contributed by atoms with Crippen molar-refractivity contribution < 1.29 is 9.53 Å². The Bertz CT molecular complexity index is 541. The Labute approximate surface area is 118 Å². The fourth-order valence-corrected chi connectivity index (χ4v) is 1.88. The number of unbranched alkanes of at least 4 members (excludes halogenated alkanes) is 1. The fraction of sp³-hybridized carbons (Fsp3) is 0.333. The molecular formula is C15H17N3O2. The molecule has 104 valence electrons. The molecule has 5 heteroatoms. The van der Waals surface area contributed by atoms with E-state index in [1.54, 1.807) is 18.6 Å². The lowest BCUT2D eigenvalue weighted by Crippen LogP contribution is -2.07. The third-order valence-electron chi connectivity index (χ3n) is 2.98. The molecule has 2 rings (SSSR count). The zero-order valence-electron chi connectivity index (χ0n) is 11.5. The number of methoxy groups -OCH3 is 1. The molecule has 0 N–H and O–H groups in total. The summed E-state index contributed by atoms with van der Waals surface area (Å²) < 4.78 is 4.55. The zero-order chi connectivity index (χ0) is 14.2. The molecule has 0 aliphatic heterocycles. The molecule has 0 spiro atoms. The first-order valence-corrected chi connectivity index (χ1v) is 6.57. The number of esters is 1. The van der Waals surface area contributed by atoms with Gasteiger partial charge in [-0.05, 0) is 42.9 Å². The molecular weight excluding hydrogens is 254 g/mol. The van der Waals surface area contributed by atoms with E-state index in [0.29, 0.717) is 0 Å². The van der Waals surface area contributed by atoms with E-state index >= 15 is 0 Å². The quantitative estimate of drug-likeness (QED) is 0.595. The first-order valence-electron chi connectivity index (χ1n) is 6.57. The van der Waals surface area contributed by atoms with Gasteiger partial charge in [-0.15, -0.1) is 0 Å². The lowest BCUT2D eigenvalue weighted by molar-refractivity contribution is 0.0586. The van der Waals surface area contributed by atoms with Gasteiger partial charge in [-0.2, -0.15) is 0 Å². The average Bonchev–Trinajstić information content (AvgIpc) is 2.52. The average molecular weight is 271 g/mol. The summed E-state index contributed by atoms with van der Waals surface area (Å²) in [6, 6.07) is 4.04. The predicted octanol–water partition coefficient (Wildman–Crippen LogP) is 2.22. The number of hydrogen-bond acceptors (Lipinski definition) is 5. The minimum absolute atomic E-state index is 0.103. The van der Waals surface area contributed by atoms with Gasteiger partial charge in [-0.3, -0.25) is 4.98 Å². The van der Waals surface area contributed by atoms with Gasteiger partial charge in [0.05, 0.1) is 7.11 Å². The van der Waals surface area contributed by atoms with Crippen LogP contribution in [0.25, 0.3) is 0 Å². The summed E-state index contributed by atoms with van der Waals surface area (Å²) in [4.78, 5) is 23.3. The van der Waals surface area contributed by atoms with Crippen LogP contribution in [0.15, 0.2) is 36.9 Å². The van der Waals surface area contributed by atoms with Crippen LogP contribution in [-0.4, -0.2) is 28.0 Å². The smallest absolute Gasteiger partial charge is 0.376 e. The predicted molar refractivity (Wildman–Crippen MR) is 74.3 cm³/mol. The van der Waals surface area contributed by atoms with Crippen molar-refractivity contribution in [3.8, 4) is 0 Å². The second kappa shape index (κ2) is 7.33. The van der Waals surface area contributed by atoms with Crippen molar-refractivity contribution in [1.29, 1.82) is 0 Å². The molecule has 0 atom stereocenters. The Morgan fingerprint density at radius 3 is 2.40 bits per heavy atom. The summed E-state index contributed by atoms with van der Waals surface area (Å²) in [6.07, 6.45) is 11.1. The van der Waals surface area contributed by atoms with Crippen molar-refractivity contribution in [2.24, 2.45) is 0 Å². The van der Waals surface area contributed by atoms with Crippen molar-refractivity contribution in [3.05, 3.63) is 53.9 Å². The molecule has 0 fully saturated rings. The molecule has 0 saturated carbocycles. The van der Waals surface area contributed by atoms with Crippen molar-refractivity contribution in [2.75, 3.05) is 7.11 Å². The normalized spacial score (nSPS) is 10.2. The number of aromatic nitrogens is 3. The van der Waals surface area contributed by atoms with Gasteiger partial charge in [0.2, 0.25) is 5.82 Å². The van der Waals surface area contributed by atoms with Crippen LogP contribution >= 0.6 is 0 Å². The first-order chi connectivity index (χ1) is 9.79. The van der Waals surface area contributed by atoms with Crippen molar-refractivity contribution in [2.45, 2.75) is 25.7 Å². The summed E-state index contributed by atoms with van der Waals surface area (Å²) >= 11 is 0. The van der Waals surface area contributed by atoms with Crippen molar-refractivity contribution in [3.63, 3.8) is 0 Å². The minimum atomic E-state index is -0.506. The molecule has 2 heterocycles. The van der Waals surface area contributed by atoms with Crippen LogP contribution in [0.3, 0.4) is 0 Å². The van der Waals surface area contributed by atoms with Crippen LogP contribution < -0.4 is 0 Å². The number of carbonyl (C=O) groups is 1. The van der Waals surface area contributed by atoms with Gasteiger partial charge in [0, 0.05) is 24.8 Å². The van der Waals surface area contributed by atoms with Gasteiger partial charge in [0.25, 0.3) is 0 Å². The van der Waals surface area contributed by atoms with Gasteiger partial charge >= 0.3 is 5.97 Å². The Kier molecular flexibility index (Phi) is 5.17. The Morgan fingerprint density at radius 1 is 1.10 bits per heavy atom. The molecule has 20 heavy (non-hydrogen) atoms. The van der Waals surface area contributed by atoms with Gasteiger partial charge < -0.3 is 4.74 Å². The molecule has 0 aliphatic rings. The van der Waals surface area contributed by atoms with Gasteiger partial charge in [-0.1, -0.05) is 6.07 Å².